The van der Waals surface area contributed by atoms with E-state index in [1.54, 1.807) is 7.11 Å². The summed E-state index contributed by atoms with van der Waals surface area (Å²) in [5, 5.41) is 0. The van der Waals surface area contributed by atoms with Gasteiger partial charge in [0.15, 0.2) is 9.84 Å². The van der Waals surface area contributed by atoms with Crippen LogP contribution in [0.25, 0.3) is 0 Å². The van der Waals surface area contributed by atoms with E-state index in [-0.39, 0.29) is 23.5 Å². The van der Waals surface area contributed by atoms with E-state index in [1.807, 2.05) is 24.3 Å². The molecule has 5 nitrogen and oxygen atoms in total. The van der Waals surface area contributed by atoms with Crippen LogP contribution in [-0.2, 0) is 9.84 Å². The molecule has 0 saturated carbocycles. The third-order valence-electron chi connectivity index (χ3n) is 3.65. The number of rotatable bonds is 6. The minimum absolute atomic E-state index is 0.0690. The number of benzene rings is 1. The molecule has 2 rings (SSSR count). The first kappa shape index (κ1) is 15.1. The maximum Gasteiger partial charge on any atom is 0.150 e. The van der Waals surface area contributed by atoms with Crippen LogP contribution in [0.5, 0.6) is 11.5 Å². The normalized spacial score (nSPS) is 22.4. The van der Waals surface area contributed by atoms with Crippen molar-refractivity contribution in [1.29, 1.82) is 0 Å². The van der Waals surface area contributed by atoms with E-state index in [0.717, 1.165) is 11.5 Å². The number of ether oxygens (including phenoxy) is 2. The minimum atomic E-state index is -2.86. The van der Waals surface area contributed by atoms with E-state index >= 15 is 0 Å². The Morgan fingerprint density at radius 1 is 1.30 bits per heavy atom. The molecule has 1 aromatic rings. The van der Waals surface area contributed by atoms with Crippen molar-refractivity contribution in [3.8, 4) is 11.5 Å². The highest BCUT2D eigenvalue weighted by Crippen LogP contribution is 2.23. The monoisotopic (exact) mass is 299 g/mol. The van der Waals surface area contributed by atoms with Crippen molar-refractivity contribution < 1.29 is 17.9 Å². The van der Waals surface area contributed by atoms with Crippen molar-refractivity contribution in [1.82, 2.24) is 0 Å². The molecule has 0 aromatic heterocycles. The molecule has 2 N–H and O–H groups in total. The Morgan fingerprint density at radius 2 is 1.95 bits per heavy atom. The lowest BCUT2D eigenvalue weighted by molar-refractivity contribution is 0.279. The van der Waals surface area contributed by atoms with Gasteiger partial charge in [0.25, 0.3) is 0 Å². The fourth-order valence-corrected chi connectivity index (χ4v) is 4.28. The fraction of sp³-hybridized carbons (Fsp3) is 0.571. The van der Waals surface area contributed by atoms with Gasteiger partial charge in [-0.15, -0.1) is 0 Å². The zero-order valence-corrected chi connectivity index (χ0v) is 12.4. The average molecular weight is 299 g/mol. The molecule has 1 saturated heterocycles. The van der Waals surface area contributed by atoms with Crippen LogP contribution in [-0.4, -0.2) is 39.7 Å². The Morgan fingerprint density at radius 3 is 2.50 bits per heavy atom. The molecule has 112 valence electrons. The van der Waals surface area contributed by atoms with Gasteiger partial charge in [-0.05, 0) is 43.0 Å². The van der Waals surface area contributed by atoms with Gasteiger partial charge < -0.3 is 15.2 Å². The van der Waals surface area contributed by atoms with Gasteiger partial charge in [0.1, 0.15) is 11.5 Å². The average Bonchev–Trinajstić information content (AvgIpc) is 2.80. The standard InChI is InChI=1S/C14H21NO4S/c1-18-12-2-4-13(5-3-12)19-8-6-14(15)11-7-9-20(16,17)10-11/h2-5,11,14H,6-10,15H2,1H3. The van der Waals surface area contributed by atoms with Gasteiger partial charge in [-0.1, -0.05) is 0 Å². The second-order valence-electron chi connectivity index (χ2n) is 5.14. The molecule has 0 aliphatic carbocycles. The first-order chi connectivity index (χ1) is 9.50. The highest BCUT2D eigenvalue weighted by atomic mass is 32.2. The molecule has 2 unspecified atom stereocenters. The lowest BCUT2D eigenvalue weighted by atomic mass is 9.98. The Hall–Kier alpha value is -1.27. The van der Waals surface area contributed by atoms with Crippen molar-refractivity contribution in [3.05, 3.63) is 24.3 Å². The van der Waals surface area contributed by atoms with Gasteiger partial charge in [0.05, 0.1) is 25.2 Å². The Bertz CT molecular complexity index is 527. The predicted molar refractivity (Wildman–Crippen MR) is 77.8 cm³/mol. The van der Waals surface area contributed by atoms with E-state index in [1.165, 1.54) is 0 Å². The topological polar surface area (TPSA) is 78.6 Å². The number of sulfone groups is 1. The van der Waals surface area contributed by atoms with Gasteiger partial charge in [-0.25, -0.2) is 8.42 Å². The summed E-state index contributed by atoms with van der Waals surface area (Å²) in [6.45, 7) is 0.490. The van der Waals surface area contributed by atoms with Gasteiger partial charge in [0, 0.05) is 6.04 Å². The third kappa shape index (κ3) is 4.11. The quantitative estimate of drug-likeness (QED) is 0.854. The van der Waals surface area contributed by atoms with Crippen molar-refractivity contribution >= 4 is 9.84 Å². The van der Waals surface area contributed by atoms with Crippen LogP contribution in [0.3, 0.4) is 0 Å². The zero-order chi connectivity index (χ0) is 14.6. The second kappa shape index (κ2) is 6.45. The number of hydrogen-bond acceptors (Lipinski definition) is 5. The third-order valence-corrected chi connectivity index (χ3v) is 5.45. The summed E-state index contributed by atoms with van der Waals surface area (Å²) in [5.74, 6) is 2.10. The summed E-state index contributed by atoms with van der Waals surface area (Å²) in [5.41, 5.74) is 6.05. The zero-order valence-electron chi connectivity index (χ0n) is 11.6. The lowest BCUT2D eigenvalue weighted by Gasteiger charge is -2.17. The van der Waals surface area contributed by atoms with E-state index in [9.17, 15) is 8.42 Å². The molecule has 0 radical (unpaired) electrons. The summed E-state index contributed by atoms with van der Waals surface area (Å²) in [7, 11) is -1.24. The van der Waals surface area contributed by atoms with Crippen LogP contribution in [0, 0.1) is 5.92 Å². The summed E-state index contributed by atoms with van der Waals surface area (Å²) in [6.07, 6.45) is 1.33. The van der Waals surface area contributed by atoms with Crippen LogP contribution < -0.4 is 15.2 Å². The van der Waals surface area contributed by atoms with Crippen molar-refractivity contribution in [2.75, 3.05) is 25.2 Å². The van der Waals surface area contributed by atoms with E-state index in [4.69, 9.17) is 15.2 Å². The molecule has 1 aromatic carbocycles. The maximum atomic E-state index is 11.4. The highest BCUT2D eigenvalue weighted by Gasteiger charge is 2.31. The Kier molecular flexibility index (Phi) is 4.88. The molecule has 20 heavy (non-hydrogen) atoms. The summed E-state index contributed by atoms with van der Waals surface area (Å²) >= 11 is 0. The summed E-state index contributed by atoms with van der Waals surface area (Å²) < 4.78 is 33.5. The van der Waals surface area contributed by atoms with Crippen molar-refractivity contribution in [2.24, 2.45) is 11.7 Å². The molecule has 2 atom stereocenters. The number of methoxy groups -OCH3 is 1. The highest BCUT2D eigenvalue weighted by molar-refractivity contribution is 7.91. The van der Waals surface area contributed by atoms with Crippen molar-refractivity contribution in [2.45, 2.75) is 18.9 Å². The Balaban J connectivity index is 1.75. The van der Waals surface area contributed by atoms with Crippen LogP contribution in [0.2, 0.25) is 0 Å². The molecule has 1 aliphatic rings. The van der Waals surface area contributed by atoms with Crippen LogP contribution in [0.15, 0.2) is 24.3 Å². The van der Waals surface area contributed by atoms with Crippen LogP contribution in [0.1, 0.15) is 12.8 Å². The van der Waals surface area contributed by atoms with Gasteiger partial charge in [-0.2, -0.15) is 0 Å². The van der Waals surface area contributed by atoms with E-state index in [2.05, 4.69) is 0 Å². The molecule has 1 fully saturated rings. The van der Waals surface area contributed by atoms with E-state index in [0.29, 0.717) is 19.4 Å². The number of hydrogen-bond donors (Lipinski definition) is 1. The fourth-order valence-electron chi connectivity index (χ4n) is 2.38. The molecular weight excluding hydrogens is 278 g/mol. The predicted octanol–water partition coefficient (Wildman–Crippen LogP) is 1.23. The lowest BCUT2D eigenvalue weighted by Crippen LogP contribution is -2.32. The smallest absolute Gasteiger partial charge is 0.150 e. The van der Waals surface area contributed by atoms with Gasteiger partial charge in [0.2, 0.25) is 0 Å². The van der Waals surface area contributed by atoms with Gasteiger partial charge in [-0.3, -0.25) is 0 Å². The molecule has 1 aliphatic heterocycles. The second-order valence-corrected chi connectivity index (χ2v) is 7.37. The molecule has 0 bridgehead atoms. The van der Waals surface area contributed by atoms with E-state index < -0.39 is 9.84 Å². The SMILES string of the molecule is COc1ccc(OCCC(N)C2CCS(=O)(=O)C2)cc1. The Labute approximate surface area is 120 Å². The first-order valence-corrected chi connectivity index (χ1v) is 8.55. The molecule has 1 heterocycles. The molecule has 6 heteroatoms. The number of nitrogens with two attached hydrogens (primary N) is 1. The first-order valence-electron chi connectivity index (χ1n) is 6.73. The summed E-state index contributed by atoms with van der Waals surface area (Å²) in [4.78, 5) is 0. The van der Waals surface area contributed by atoms with Crippen molar-refractivity contribution in [3.63, 3.8) is 0 Å². The van der Waals surface area contributed by atoms with Crippen LogP contribution >= 0.6 is 0 Å². The van der Waals surface area contributed by atoms with Gasteiger partial charge >= 0.3 is 0 Å². The molecule has 0 amide bonds. The van der Waals surface area contributed by atoms with Crippen LogP contribution in [0.4, 0.5) is 0 Å². The molecule has 0 spiro atoms. The maximum absolute atomic E-state index is 11.4. The molecular formula is C14H21NO4S. The largest absolute Gasteiger partial charge is 0.497 e. The minimum Gasteiger partial charge on any atom is -0.497 e. The summed E-state index contributed by atoms with van der Waals surface area (Å²) in [6, 6.07) is 7.22.